The molecule has 0 spiro atoms. The lowest BCUT2D eigenvalue weighted by Gasteiger charge is -2.27. The summed E-state index contributed by atoms with van der Waals surface area (Å²) in [5.41, 5.74) is 2.94. The summed E-state index contributed by atoms with van der Waals surface area (Å²) in [6.45, 7) is 3.04. The minimum atomic E-state index is -0.619. The molecule has 0 bridgehead atoms. The fourth-order valence-electron chi connectivity index (χ4n) is 2.87. The van der Waals surface area contributed by atoms with Gasteiger partial charge in [-0.25, -0.2) is 0 Å². The number of furan rings is 1. The van der Waals surface area contributed by atoms with Crippen LogP contribution in [0.15, 0.2) is 47.3 Å². The first-order valence-corrected chi connectivity index (χ1v) is 8.07. The molecule has 2 unspecified atom stereocenters. The molecule has 2 atom stereocenters. The van der Waals surface area contributed by atoms with E-state index in [1.165, 1.54) is 23.7 Å². The Bertz CT molecular complexity index is 712. The van der Waals surface area contributed by atoms with Gasteiger partial charge >= 0.3 is 0 Å². The van der Waals surface area contributed by atoms with E-state index in [0.29, 0.717) is 12.1 Å². The summed E-state index contributed by atoms with van der Waals surface area (Å²) in [4.78, 5) is 24.2. The average Bonchev–Trinajstić information content (AvgIpc) is 3.14. The van der Waals surface area contributed by atoms with Crippen molar-refractivity contribution < 1.29 is 14.0 Å². The van der Waals surface area contributed by atoms with Crippen LogP contribution >= 0.6 is 0 Å². The molecule has 0 saturated carbocycles. The number of hydrogen-bond acceptors (Lipinski definition) is 4. The van der Waals surface area contributed by atoms with Crippen LogP contribution < -0.4 is 16.0 Å². The molecule has 0 saturated heterocycles. The Morgan fingerprint density at radius 3 is 2.96 bits per heavy atom. The fourth-order valence-corrected chi connectivity index (χ4v) is 2.87. The molecule has 1 aliphatic heterocycles. The minimum absolute atomic E-state index is 0.0932. The third kappa shape index (κ3) is 3.65. The first kappa shape index (κ1) is 16.3. The topological polar surface area (TPSA) is 83.4 Å². The van der Waals surface area contributed by atoms with Gasteiger partial charge in [0.1, 0.15) is 12.3 Å². The first-order valence-electron chi connectivity index (χ1n) is 8.07. The number of fused-ring (bicyclic) bond motifs is 1. The van der Waals surface area contributed by atoms with Gasteiger partial charge < -0.3 is 20.4 Å². The van der Waals surface area contributed by atoms with Gasteiger partial charge in [0.05, 0.1) is 11.8 Å². The second-order valence-corrected chi connectivity index (χ2v) is 5.91. The van der Waals surface area contributed by atoms with E-state index in [9.17, 15) is 9.59 Å². The quantitative estimate of drug-likeness (QED) is 0.775. The second-order valence-electron chi connectivity index (χ2n) is 5.91. The Labute approximate surface area is 140 Å². The van der Waals surface area contributed by atoms with E-state index in [4.69, 9.17) is 4.42 Å². The van der Waals surface area contributed by atoms with Crippen LogP contribution in [0.25, 0.3) is 0 Å². The van der Waals surface area contributed by atoms with Crippen LogP contribution in [0, 0.1) is 0 Å². The summed E-state index contributed by atoms with van der Waals surface area (Å²) < 4.78 is 4.87. The lowest BCUT2D eigenvalue weighted by molar-refractivity contribution is -0.122. The Morgan fingerprint density at radius 2 is 2.17 bits per heavy atom. The molecule has 2 aromatic rings. The Balaban J connectivity index is 1.53. The van der Waals surface area contributed by atoms with Crippen LogP contribution in [-0.4, -0.2) is 30.9 Å². The maximum atomic E-state index is 12.2. The molecular formula is C18H21N3O3. The highest BCUT2D eigenvalue weighted by Gasteiger charge is 2.22. The lowest BCUT2D eigenvalue weighted by Crippen LogP contribution is -2.47. The molecule has 2 heterocycles. The van der Waals surface area contributed by atoms with Crippen LogP contribution in [0.5, 0.6) is 0 Å². The van der Waals surface area contributed by atoms with Gasteiger partial charge in [-0.3, -0.25) is 9.59 Å². The first-order chi connectivity index (χ1) is 11.6. The van der Waals surface area contributed by atoms with E-state index in [0.717, 1.165) is 13.0 Å². The largest absolute Gasteiger partial charge is 0.472 e. The Kier molecular flexibility index (Phi) is 4.96. The van der Waals surface area contributed by atoms with Crippen LogP contribution in [0.4, 0.5) is 0 Å². The zero-order valence-corrected chi connectivity index (χ0v) is 13.5. The zero-order chi connectivity index (χ0) is 16.9. The molecule has 2 amide bonds. The summed E-state index contributed by atoms with van der Waals surface area (Å²) in [6.07, 6.45) is 3.77. The second kappa shape index (κ2) is 7.31. The van der Waals surface area contributed by atoms with Crippen molar-refractivity contribution in [2.24, 2.45) is 0 Å². The van der Waals surface area contributed by atoms with E-state index in [2.05, 4.69) is 28.1 Å². The smallest absolute Gasteiger partial charge is 0.255 e. The zero-order valence-electron chi connectivity index (χ0n) is 13.5. The normalized spacial score (nSPS) is 17.6. The molecule has 6 nitrogen and oxygen atoms in total. The van der Waals surface area contributed by atoms with Crippen molar-refractivity contribution in [1.29, 1.82) is 0 Å². The van der Waals surface area contributed by atoms with Crippen molar-refractivity contribution in [2.45, 2.75) is 25.4 Å². The highest BCUT2D eigenvalue weighted by atomic mass is 16.3. The Hall–Kier alpha value is -2.60. The van der Waals surface area contributed by atoms with Crippen LogP contribution in [0.3, 0.4) is 0 Å². The fraction of sp³-hybridized carbons (Fsp3) is 0.333. The molecule has 1 aromatic carbocycles. The van der Waals surface area contributed by atoms with Crippen LogP contribution in [-0.2, 0) is 11.2 Å². The highest BCUT2D eigenvalue weighted by Crippen LogP contribution is 2.21. The van der Waals surface area contributed by atoms with E-state index < -0.39 is 6.04 Å². The summed E-state index contributed by atoms with van der Waals surface area (Å²) >= 11 is 0. The Morgan fingerprint density at radius 1 is 1.33 bits per heavy atom. The van der Waals surface area contributed by atoms with Gasteiger partial charge in [-0.15, -0.1) is 0 Å². The number of amides is 2. The molecule has 3 rings (SSSR count). The molecule has 0 radical (unpaired) electrons. The third-order valence-corrected chi connectivity index (χ3v) is 4.22. The maximum absolute atomic E-state index is 12.2. The lowest BCUT2D eigenvalue weighted by atomic mass is 9.94. The number of carbonyl (C=O) groups excluding carboxylic acids is 2. The third-order valence-electron chi connectivity index (χ3n) is 4.22. The van der Waals surface area contributed by atoms with Crippen LogP contribution in [0.1, 0.15) is 34.5 Å². The molecule has 3 N–H and O–H groups in total. The van der Waals surface area contributed by atoms with Gasteiger partial charge in [-0.2, -0.15) is 0 Å². The number of hydrogen-bond donors (Lipinski definition) is 3. The molecule has 1 aliphatic rings. The summed E-state index contributed by atoms with van der Waals surface area (Å²) in [5.74, 6) is -0.538. The predicted octanol–water partition coefficient (Wildman–Crippen LogP) is 1.40. The monoisotopic (exact) mass is 327 g/mol. The molecule has 126 valence electrons. The van der Waals surface area contributed by atoms with Crippen molar-refractivity contribution in [3.8, 4) is 0 Å². The molecule has 0 aliphatic carbocycles. The van der Waals surface area contributed by atoms with Crippen molar-refractivity contribution in [2.75, 3.05) is 13.1 Å². The van der Waals surface area contributed by atoms with Crippen molar-refractivity contribution in [1.82, 2.24) is 16.0 Å². The highest BCUT2D eigenvalue weighted by molar-refractivity contribution is 5.97. The standard InChI is InChI=1S/C18H21N3O3/c1-12(21-18(23)14-7-9-24-11-14)17(22)20-10-16-15-5-3-2-4-13(15)6-8-19-16/h2-5,7,9,11-12,16,19H,6,8,10H2,1H3,(H,20,22)(H,21,23). The number of carbonyl (C=O) groups is 2. The maximum Gasteiger partial charge on any atom is 0.255 e. The van der Waals surface area contributed by atoms with Crippen molar-refractivity contribution >= 4 is 11.8 Å². The number of nitrogens with one attached hydrogen (secondary N) is 3. The van der Waals surface area contributed by atoms with Crippen LogP contribution in [0.2, 0.25) is 0 Å². The van der Waals surface area contributed by atoms with E-state index in [1.54, 1.807) is 13.0 Å². The summed E-state index contributed by atoms with van der Waals surface area (Å²) in [5, 5.41) is 8.98. The van der Waals surface area contributed by atoms with Gasteiger partial charge in [0.15, 0.2) is 0 Å². The molecule has 1 aromatic heterocycles. The number of benzene rings is 1. The minimum Gasteiger partial charge on any atom is -0.472 e. The molecule has 24 heavy (non-hydrogen) atoms. The van der Waals surface area contributed by atoms with Gasteiger partial charge in [0.25, 0.3) is 5.91 Å². The van der Waals surface area contributed by atoms with Gasteiger partial charge in [0.2, 0.25) is 5.91 Å². The summed E-state index contributed by atoms with van der Waals surface area (Å²) in [6, 6.07) is 9.29. The molecular weight excluding hydrogens is 306 g/mol. The summed E-state index contributed by atoms with van der Waals surface area (Å²) in [7, 11) is 0. The van der Waals surface area contributed by atoms with Crippen molar-refractivity contribution in [3.63, 3.8) is 0 Å². The van der Waals surface area contributed by atoms with E-state index in [-0.39, 0.29) is 17.9 Å². The number of rotatable bonds is 5. The SMILES string of the molecule is CC(NC(=O)c1ccoc1)C(=O)NCC1NCCc2ccccc21. The van der Waals surface area contributed by atoms with E-state index >= 15 is 0 Å². The predicted molar refractivity (Wildman–Crippen MR) is 89.5 cm³/mol. The van der Waals surface area contributed by atoms with Gasteiger partial charge in [-0.1, -0.05) is 24.3 Å². The molecule has 0 fully saturated rings. The average molecular weight is 327 g/mol. The van der Waals surface area contributed by atoms with Crippen molar-refractivity contribution in [3.05, 3.63) is 59.5 Å². The van der Waals surface area contributed by atoms with Gasteiger partial charge in [0, 0.05) is 12.6 Å². The molecule has 6 heteroatoms. The van der Waals surface area contributed by atoms with E-state index in [1.807, 2.05) is 12.1 Å². The van der Waals surface area contributed by atoms with Gasteiger partial charge in [-0.05, 0) is 37.1 Å².